The quantitative estimate of drug-likeness (QED) is 0.721. The molecule has 0 saturated heterocycles. The average molecular weight is 355 g/mol. The number of aromatic nitrogens is 2. The van der Waals surface area contributed by atoms with E-state index in [0.29, 0.717) is 16.9 Å². The Morgan fingerprint density at radius 2 is 1.85 bits per heavy atom. The van der Waals surface area contributed by atoms with E-state index in [1.165, 1.54) is 4.68 Å². The van der Waals surface area contributed by atoms with Crippen molar-refractivity contribution < 1.29 is 14.4 Å². The summed E-state index contributed by atoms with van der Waals surface area (Å²) >= 11 is 0. The van der Waals surface area contributed by atoms with Crippen molar-refractivity contribution in [3.05, 3.63) is 47.2 Å². The molecule has 8 heteroatoms. The van der Waals surface area contributed by atoms with Gasteiger partial charge in [-0.2, -0.15) is 5.10 Å². The number of likely N-dealkylation sites (N-methyl/N-ethyl adjacent to an activating group) is 1. The molecule has 26 heavy (non-hydrogen) atoms. The first-order valence-corrected chi connectivity index (χ1v) is 8.43. The van der Waals surface area contributed by atoms with Crippen molar-refractivity contribution in [2.45, 2.75) is 32.4 Å². The van der Waals surface area contributed by atoms with E-state index >= 15 is 0 Å². The van der Waals surface area contributed by atoms with Gasteiger partial charge in [0.2, 0.25) is 5.91 Å². The Labute approximate surface area is 151 Å². The standard InChI is InChI=1S/C18H21N5O3/c1-11-8-15(22-23(11)10-16(24)19-2)21-18(26)13-5-3-4-12(9-13)17(25)20-14-6-7-14/h3-5,8-9,14H,6-7,10H2,1-2H3,(H,19,24)(H,20,25)(H,21,22,26). The van der Waals surface area contributed by atoms with E-state index in [1.807, 2.05) is 0 Å². The highest BCUT2D eigenvalue weighted by Gasteiger charge is 2.24. The van der Waals surface area contributed by atoms with Crippen LogP contribution in [0.3, 0.4) is 0 Å². The smallest absolute Gasteiger partial charge is 0.256 e. The number of rotatable bonds is 6. The zero-order valence-corrected chi connectivity index (χ0v) is 14.7. The lowest BCUT2D eigenvalue weighted by molar-refractivity contribution is -0.121. The predicted octanol–water partition coefficient (Wildman–Crippen LogP) is 1.08. The third-order valence-electron chi connectivity index (χ3n) is 4.09. The van der Waals surface area contributed by atoms with Crippen LogP contribution in [0.5, 0.6) is 0 Å². The van der Waals surface area contributed by atoms with Crippen molar-refractivity contribution in [1.29, 1.82) is 0 Å². The Morgan fingerprint density at radius 1 is 1.15 bits per heavy atom. The maximum Gasteiger partial charge on any atom is 0.256 e. The summed E-state index contributed by atoms with van der Waals surface area (Å²) in [6.45, 7) is 1.88. The number of hydrogen-bond acceptors (Lipinski definition) is 4. The first-order valence-electron chi connectivity index (χ1n) is 8.43. The summed E-state index contributed by atoms with van der Waals surface area (Å²) in [4.78, 5) is 36.0. The minimum absolute atomic E-state index is 0.0784. The molecule has 0 bridgehead atoms. The highest BCUT2D eigenvalue weighted by Crippen LogP contribution is 2.19. The molecule has 136 valence electrons. The van der Waals surface area contributed by atoms with Gasteiger partial charge in [-0.15, -0.1) is 0 Å². The van der Waals surface area contributed by atoms with Crippen molar-refractivity contribution in [2.75, 3.05) is 12.4 Å². The summed E-state index contributed by atoms with van der Waals surface area (Å²) in [5.41, 5.74) is 1.57. The lowest BCUT2D eigenvalue weighted by atomic mass is 10.1. The van der Waals surface area contributed by atoms with Crippen LogP contribution in [0.25, 0.3) is 0 Å². The number of aryl methyl sites for hydroxylation is 1. The van der Waals surface area contributed by atoms with E-state index in [9.17, 15) is 14.4 Å². The van der Waals surface area contributed by atoms with Crippen molar-refractivity contribution in [2.24, 2.45) is 0 Å². The molecule has 1 aromatic carbocycles. The molecule has 1 fully saturated rings. The molecule has 1 heterocycles. The molecule has 1 aromatic heterocycles. The van der Waals surface area contributed by atoms with Gasteiger partial charge in [-0.1, -0.05) is 6.07 Å². The third kappa shape index (κ3) is 4.27. The maximum absolute atomic E-state index is 12.5. The number of nitrogens with one attached hydrogen (secondary N) is 3. The fraction of sp³-hybridized carbons (Fsp3) is 0.333. The lowest BCUT2D eigenvalue weighted by Crippen LogP contribution is -2.25. The van der Waals surface area contributed by atoms with Crippen LogP contribution in [0.2, 0.25) is 0 Å². The van der Waals surface area contributed by atoms with E-state index < -0.39 is 0 Å². The maximum atomic E-state index is 12.5. The van der Waals surface area contributed by atoms with Gasteiger partial charge < -0.3 is 16.0 Å². The number of nitrogens with zero attached hydrogens (tertiary/aromatic N) is 2. The molecule has 8 nitrogen and oxygen atoms in total. The molecule has 0 spiro atoms. The van der Waals surface area contributed by atoms with E-state index in [1.54, 1.807) is 44.3 Å². The first kappa shape index (κ1) is 17.7. The van der Waals surface area contributed by atoms with Crippen molar-refractivity contribution in [3.8, 4) is 0 Å². The fourth-order valence-electron chi connectivity index (χ4n) is 2.43. The SMILES string of the molecule is CNC(=O)Cn1nc(NC(=O)c2cccc(C(=O)NC3CC3)c2)cc1C. The van der Waals surface area contributed by atoms with Crippen LogP contribution in [0.1, 0.15) is 39.3 Å². The summed E-state index contributed by atoms with van der Waals surface area (Å²) in [6.07, 6.45) is 2.01. The summed E-state index contributed by atoms with van der Waals surface area (Å²) in [5, 5.41) is 12.3. The van der Waals surface area contributed by atoms with Gasteiger partial charge in [-0.05, 0) is 38.0 Å². The molecular weight excluding hydrogens is 334 g/mol. The van der Waals surface area contributed by atoms with Crippen molar-refractivity contribution >= 4 is 23.5 Å². The van der Waals surface area contributed by atoms with E-state index in [4.69, 9.17) is 0 Å². The number of carbonyl (C=O) groups excluding carboxylic acids is 3. The van der Waals surface area contributed by atoms with Crippen LogP contribution in [0, 0.1) is 6.92 Å². The molecule has 3 amide bonds. The molecular formula is C18H21N5O3. The predicted molar refractivity (Wildman–Crippen MR) is 95.9 cm³/mol. The Hall–Kier alpha value is -3.16. The molecule has 1 saturated carbocycles. The molecule has 0 unspecified atom stereocenters. The van der Waals surface area contributed by atoms with Crippen LogP contribution in [-0.2, 0) is 11.3 Å². The second-order valence-corrected chi connectivity index (χ2v) is 6.28. The molecule has 2 aromatic rings. The summed E-state index contributed by atoms with van der Waals surface area (Å²) in [6, 6.07) is 8.49. The molecule has 0 aliphatic heterocycles. The number of benzene rings is 1. The number of hydrogen-bond donors (Lipinski definition) is 3. The van der Waals surface area contributed by atoms with Gasteiger partial charge in [0, 0.05) is 36.0 Å². The molecule has 1 aliphatic rings. The van der Waals surface area contributed by atoms with E-state index in [0.717, 1.165) is 18.5 Å². The number of amides is 3. The first-order chi connectivity index (χ1) is 12.5. The Kier molecular flexibility index (Phi) is 5.01. The van der Waals surface area contributed by atoms with Gasteiger partial charge in [-0.3, -0.25) is 19.1 Å². The Bertz CT molecular complexity index is 854. The zero-order chi connectivity index (χ0) is 18.7. The molecule has 3 N–H and O–H groups in total. The number of anilines is 1. The fourth-order valence-corrected chi connectivity index (χ4v) is 2.43. The second-order valence-electron chi connectivity index (χ2n) is 6.28. The minimum Gasteiger partial charge on any atom is -0.358 e. The van der Waals surface area contributed by atoms with Crippen molar-refractivity contribution in [1.82, 2.24) is 20.4 Å². The van der Waals surface area contributed by atoms with Gasteiger partial charge in [0.05, 0.1) is 0 Å². The highest BCUT2D eigenvalue weighted by molar-refractivity contribution is 6.05. The normalized spacial score (nSPS) is 13.2. The topological polar surface area (TPSA) is 105 Å². The Balaban J connectivity index is 1.69. The van der Waals surface area contributed by atoms with Gasteiger partial charge in [0.1, 0.15) is 6.54 Å². The average Bonchev–Trinajstić information content (AvgIpc) is 3.38. The van der Waals surface area contributed by atoms with Crippen LogP contribution in [0.4, 0.5) is 5.82 Å². The largest absolute Gasteiger partial charge is 0.358 e. The highest BCUT2D eigenvalue weighted by atomic mass is 16.2. The lowest BCUT2D eigenvalue weighted by Gasteiger charge is -2.06. The van der Waals surface area contributed by atoms with Crippen molar-refractivity contribution in [3.63, 3.8) is 0 Å². The van der Waals surface area contributed by atoms with Crippen LogP contribution in [0.15, 0.2) is 30.3 Å². The van der Waals surface area contributed by atoms with Crippen LogP contribution < -0.4 is 16.0 Å². The zero-order valence-electron chi connectivity index (χ0n) is 14.7. The van der Waals surface area contributed by atoms with E-state index in [2.05, 4.69) is 21.0 Å². The monoisotopic (exact) mass is 355 g/mol. The van der Waals surface area contributed by atoms with Crippen LogP contribution >= 0.6 is 0 Å². The number of carbonyl (C=O) groups is 3. The molecule has 0 radical (unpaired) electrons. The van der Waals surface area contributed by atoms with Crippen LogP contribution in [-0.4, -0.2) is 40.6 Å². The molecule has 1 aliphatic carbocycles. The van der Waals surface area contributed by atoms with Gasteiger partial charge in [0.25, 0.3) is 11.8 Å². The second kappa shape index (κ2) is 7.38. The molecule has 3 rings (SSSR count). The van der Waals surface area contributed by atoms with E-state index in [-0.39, 0.29) is 30.3 Å². The molecule has 0 atom stereocenters. The van der Waals surface area contributed by atoms with Gasteiger partial charge in [-0.25, -0.2) is 0 Å². The summed E-state index contributed by atoms with van der Waals surface area (Å²) < 4.78 is 1.51. The third-order valence-corrected chi connectivity index (χ3v) is 4.09. The van der Waals surface area contributed by atoms with Gasteiger partial charge >= 0.3 is 0 Å². The summed E-state index contributed by atoms with van der Waals surface area (Å²) in [5.74, 6) is -0.365. The summed E-state index contributed by atoms with van der Waals surface area (Å²) in [7, 11) is 1.55. The van der Waals surface area contributed by atoms with Gasteiger partial charge in [0.15, 0.2) is 5.82 Å². The minimum atomic E-state index is -0.365. The Morgan fingerprint density at radius 3 is 2.50 bits per heavy atom.